The van der Waals surface area contributed by atoms with Gasteiger partial charge in [0.25, 0.3) is 0 Å². The molecule has 0 unspecified atom stereocenters. The molecule has 0 aliphatic heterocycles. The smallest absolute Gasteiger partial charge is 0.224 e. The lowest BCUT2D eigenvalue weighted by Gasteiger charge is -2.27. The maximum atomic E-state index is 15.1. The van der Waals surface area contributed by atoms with Crippen molar-refractivity contribution in [2.24, 2.45) is 151 Å². The summed E-state index contributed by atoms with van der Waals surface area (Å²) in [5, 5.41) is 13.7. The lowest BCUT2D eigenvalue weighted by Crippen LogP contribution is -2.49. The molecule has 0 saturated heterocycles. The molecule has 1 aliphatic carbocycles. The number of carbonyl (C=O) groups excluding carboxylic acids is 11. The second kappa shape index (κ2) is 49.9. The van der Waals surface area contributed by atoms with Gasteiger partial charge in [-0.3, -0.25) is 87.7 Å². The van der Waals surface area contributed by atoms with Gasteiger partial charge in [-0.15, -0.1) is 0 Å². The zero-order chi connectivity index (χ0) is 78.6. The number of primary amides is 1. The van der Waals surface area contributed by atoms with Crippen LogP contribution < -0.4 is 113 Å². The largest absolute Gasteiger partial charge is 0.370 e. The van der Waals surface area contributed by atoms with Crippen LogP contribution >= 0.6 is 12.6 Å². The van der Waals surface area contributed by atoms with Crippen molar-refractivity contribution in [1.29, 1.82) is 0 Å². The number of carbonyl (C=O) groups is 11. The Morgan fingerprint density at radius 3 is 0.981 bits per heavy atom. The van der Waals surface area contributed by atoms with Crippen LogP contribution in [0.4, 0.5) is 0 Å². The van der Waals surface area contributed by atoms with Gasteiger partial charge in [0.15, 0.2) is 70.6 Å². The van der Waals surface area contributed by atoms with E-state index in [2.05, 4.69) is 74.2 Å². The number of ketones is 5. The predicted molar refractivity (Wildman–Crippen MR) is 407 cm³/mol. The van der Waals surface area contributed by atoms with E-state index in [-0.39, 0.29) is 209 Å². The van der Waals surface area contributed by atoms with Crippen LogP contribution in [0.25, 0.3) is 5.57 Å². The van der Waals surface area contributed by atoms with Crippen LogP contribution in [-0.4, -0.2) is 188 Å². The van der Waals surface area contributed by atoms with E-state index in [4.69, 9.17) is 86.0 Å². The molecule has 584 valence electrons. The van der Waals surface area contributed by atoms with Crippen molar-refractivity contribution in [3.05, 3.63) is 41.5 Å². The number of hydrogen-bond acceptors (Lipinski definition) is 19. The van der Waals surface area contributed by atoms with E-state index in [1.54, 1.807) is 0 Å². The molecule has 0 radical (unpaired) electrons. The Labute approximate surface area is 617 Å². The van der Waals surface area contributed by atoms with Crippen LogP contribution in [0.3, 0.4) is 0 Å². The van der Waals surface area contributed by atoms with Crippen molar-refractivity contribution in [2.75, 3.05) is 58.1 Å². The quantitative estimate of drug-likeness (QED) is 0.0125. The molecule has 1 aromatic carbocycles. The number of allylic oxidation sites excluding steroid dienone is 1. The summed E-state index contributed by atoms with van der Waals surface area (Å²) in [5.41, 5.74) is 87.0. The maximum Gasteiger partial charge on any atom is 0.224 e. The van der Waals surface area contributed by atoms with Gasteiger partial charge in [0, 0.05) is 121 Å². The number of Topliss-reactive ketones (excluding diaryl/α,β-unsaturated/α-hetero) is 5. The third-order valence-corrected chi connectivity index (χ3v) is 17.4. The van der Waals surface area contributed by atoms with E-state index in [1.807, 2.05) is 30.3 Å². The number of guanidine groups is 7. The van der Waals surface area contributed by atoms with E-state index in [1.165, 1.54) is 6.92 Å². The molecule has 2 rings (SSSR count). The molecule has 0 heterocycles. The SMILES string of the molecule is CC(=O)NCC(=O)C[C@H](CCCN=C(N)N)C(=O)N[C@H](CCCN=C(N)N)C(=O)C[C@H](CCCN=C(N)N)C(=O)N[C@H](CCCN=C(N)N)C(=O)C[C@H](CCCN=C(N)N)C(=O)N[C@H](CCCN=C(N)N)C(=O)C[C@H](CCCN=C(N)N)C(=O)N[C@H](CC1=CCc2ccccc21)C(=O)C[C@H](CS)C(N)=O. The summed E-state index contributed by atoms with van der Waals surface area (Å²) >= 11 is 4.24. The molecule has 0 saturated carbocycles. The summed E-state index contributed by atoms with van der Waals surface area (Å²) in [4.78, 5) is 183. The van der Waals surface area contributed by atoms with Gasteiger partial charge in [0.2, 0.25) is 35.4 Å². The van der Waals surface area contributed by atoms with E-state index in [9.17, 15) is 38.4 Å². The van der Waals surface area contributed by atoms with Crippen molar-refractivity contribution in [1.82, 2.24) is 26.6 Å². The first-order valence-corrected chi connectivity index (χ1v) is 35.5. The number of nitrogens with two attached hydrogens (primary N) is 15. The number of rotatable bonds is 56. The van der Waals surface area contributed by atoms with Crippen LogP contribution in [0.15, 0.2) is 65.3 Å². The van der Waals surface area contributed by atoms with Gasteiger partial charge in [-0.25, -0.2) is 0 Å². The van der Waals surface area contributed by atoms with E-state index in [0.29, 0.717) is 6.42 Å². The molecule has 6 amide bonds. The van der Waals surface area contributed by atoms with E-state index < -0.39 is 137 Å². The van der Waals surface area contributed by atoms with Gasteiger partial charge in [0.05, 0.1) is 36.6 Å². The summed E-state index contributed by atoms with van der Waals surface area (Å²) in [6, 6.07) is 2.28. The molecule has 105 heavy (non-hydrogen) atoms. The van der Waals surface area contributed by atoms with Crippen LogP contribution in [0.5, 0.6) is 0 Å². The van der Waals surface area contributed by atoms with Gasteiger partial charge < -0.3 is 113 Å². The first kappa shape index (κ1) is 90.5. The van der Waals surface area contributed by atoms with Crippen molar-refractivity contribution >= 4 is 124 Å². The fourth-order valence-electron chi connectivity index (χ4n) is 11.5. The Hall–Kier alpha value is -10.6. The highest BCUT2D eigenvalue weighted by atomic mass is 32.1. The average molecular weight is 1490 g/mol. The fourth-order valence-corrected chi connectivity index (χ4v) is 11.8. The molecule has 35 N–H and O–H groups in total. The molecular formula is C66H113N27O11S. The first-order valence-electron chi connectivity index (χ1n) is 34.8. The number of amides is 6. The average Bonchev–Trinajstić information content (AvgIpc) is 1.70. The van der Waals surface area contributed by atoms with Crippen molar-refractivity contribution in [3.63, 3.8) is 0 Å². The highest BCUT2D eigenvalue weighted by Crippen LogP contribution is 2.32. The third-order valence-electron chi connectivity index (χ3n) is 16.9. The monoisotopic (exact) mass is 1490 g/mol. The Kier molecular flexibility index (Phi) is 43.0. The number of benzene rings is 1. The second-order valence-corrected chi connectivity index (χ2v) is 26.0. The van der Waals surface area contributed by atoms with E-state index in [0.717, 1.165) is 16.7 Å². The minimum absolute atomic E-state index is 0.00248. The fraction of sp³-hybridized carbons (Fsp3) is 0.606. The highest BCUT2D eigenvalue weighted by molar-refractivity contribution is 7.80. The van der Waals surface area contributed by atoms with Crippen molar-refractivity contribution < 1.29 is 52.7 Å². The maximum absolute atomic E-state index is 15.1. The Morgan fingerprint density at radius 2 is 0.676 bits per heavy atom. The Balaban J connectivity index is 2.78. The van der Waals surface area contributed by atoms with Crippen molar-refractivity contribution in [2.45, 2.75) is 166 Å². The normalized spacial score (nSPS) is 13.9. The van der Waals surface area contributed by atoms with Gasteiger partial charge >= 0.3 is 0 Å². The third kappa shape index (κ3) is 39.0. The standard InChI is InChI=1S/C66H113N27O11S/c1-37(94)89-35-45(95)29-40(12-4-22-82-60(68)69)56(101)90-47(17-8-26-86-64(76)77)51(96)31-41(13-5-23-83-61(70)71)57(102)91-48(18-9-27-87-65(78)79)52(97)32-42(14-6-24-84-62(72)73)58(103)92-49(19-10-28-88-66(80)81)53(98)33-43(15-7-25-85-63(74)75)59(104)93-50(54(99)34-44(36-105)55(67)100)30-39-21-20-38-11-2-3-16-46(38)39/h2-3,11,16,21,40-44,47-50,105H,4-10,12-15,17-20,22-36H2,1H3,(H2,67,100)(H,89,94)(H,90,101)(H,91,102)(H,92,103)(H,93,104)(H4,68,69,82)(H4,70,71,83)(H4,72,73,84)(H4,74,75,85)(H4,76,77,86)(H4,78,79,87)(H4,80,81,88)/t40-,41-,42-,43-,44+,47+,48+,49+,50+/m0/s1. The number of fused-ring (bicyclic) bond motifs is 1. The van der Waals surface area contributed by atoms with Crippen LogP contribution in [0.2, 0.25) is 0 Å². The predicted octanol–water partition coefficient (Wildman–Crippen LogP) is -5.24. The molecule has 0 bridgehead atoms. The number of nitrogens with zero attached hydrogens (tertiary/aromatic N) is 7. The molecule has 1 aliphatic rings. The molecule has 1 aromatic rings. The van der Waals surface area contributed by atoms with Crippen LogP contribution in [0, 0.1) is 29.6 Å². The van der Waals surface area contributed by atoms with Gasteiger partial charge in [0.1, 0.15) is 0 Å². The lowest BCUT2D eigenvalue weighted by molar-refractivity contribution is -0.136. The number of aliphatic imine (C=N–C) groups is 7. The van der Waals surface area contributed by atoms with Crippen LogP contribution in [0.1, 0.15) is 146 Å². The summed E-state index contributed by atoms with van der Waals surface area (Å²) in [5.74, 6) is -14.7. The first-order chi connectivity index (χ1) is 49.7. The zero-order valence-electron chi connectivity index (χ0n) is 60.0. The highest BCUT2D eigenvalue weighted by Gasteiger charge is 2.37. The van der Waals surface area contributed by atoms with E-state index >= 15 is 14.4 Å². The Morgan fingerprint density at radius 1 is 0.390 bits per heavy atom. The molecule has 39 heteroatoms. The zero-order valence-corrected chi connectivity index (χ0v) is 60.9. The number of hydrogen-bond donors (Lipinski definition) is 21. The summed E-state index contributed by atoms with van der Waals surface area (Å²) in [6.45, 7) is 0.976. The molecular weight excluding hydrogens is 1380 g/mol. The molecule has 9 atom stereocenters. The van der Waals surface area contributed by atoms with Gasteiger partial charge in [-0.1, -0.05) is 30.3 Å². The molecule has 0 spiro atoms. The number of thiol groups is 1. The summed E-state index contributed by atoms with van der Waals surface area (Å²) in [6.07, 6.45) is 0.836. The molecule has 0 aromatic heterocycles. The second-order valence-electron chi connectivity index (χ2n) is 25.6. The minimum Gasteiger partial charge on any atom is -0.370 e. The van der Waals surface area contributed by atoms with Crippen LogP contribution in [-0.2, 0) is 59.2 Å². The molecule has 38 nitrogen and oxygen atoms in total. The topological polar surface area (TPSA) is 725 Å². The van der Waals surface area contributed by atoms with Gasteiger partial charge in [-0.2, -0.15) is 12.6 Å². The molecule has 0 fully saturated rings. The van der Waals surface area contributed by atoms with Gasteiger partial charge in [-0.05, 0) is 113 Å². The van der Waals surface area contributed by atoms with Crippen molar-refractivity contribution in [3.8, 4) is 0 Å². The summed E-state index contributed by atoms with van der Waals surface area (Å²) in [7, 11) is 0. The minimum atomic E-state index is -1.40. The summed E-state index contributed by atoms with van der Waals surface area (Å²) < 4.78 is 0. The number of nitrogens with one attached hydrogen (secondary N) is 5. The lowest BCUT2D eigenvalue weighted by atomic mass is 9.88. The Bertz CT molecular complexity index is 3310.